The first kappa shape index (κ1) is 35.1. The number of carboxylic acids is 1. The summed E-state index contributed by atoms with van der Waals surface area (Å²) in [7, 11) is 0. The third-order valence-corrected chi connectivity index (χ3v) is 6.40. The van der Waals surface area contributed by atoms with Crippen molar-refractivity contribution in [2.75, 3.05) is 25.1 Å². The predicted molar refractivity (Wildman–Crippen MR) is 145 cm³/mol. The Kier molecular flexibility index (Phi) is 17.0. The number of aliphatic carboxylic acids is 1. The van der Waals surface area contributed by atoms with E-state index in [0.717, 1.165) is 0 Å². The predicted octanol–water partition coefficient (Wildman–Crippen LogP) is -1.05. The molecule has 0 aliphatic heterocycles. The van der Waals surface area contributed by atoms with Crippen molar-refractivity contribution in [3.05, 3.63) is 0 Å². The van der Waals surface area contributed by atoms with Gasteiger partial charge in [0, 0.05) is 0 Å². The fourth-order valence-electron chi connectivity index (χ4n) is 3.34. The molecule has 5 atom stereocenters. The molecule has 218 valence electrons. The van der Waals surface area contributed by atoms with Crippen molar-refractivity contribution < 1.29 is 33.9 Å². The lowest BCUT2D eigenvalue weighted by Gasteiger charge is -2.26. The van der Waals surface area contributed by atoms with Crippen molar-refractivity contribution >= 4 is 47.3 Å². The molecule has 8 N–H and O–H groups in total. The topological polar surface area (TPSA) is 209 Å². The van der Waals surface area contributed by atoms with Crippen molar-refractivity contribution in [1.82, 2.24) is 26.6 Å². The van der Waals surface area contributed by atoms with Gasteiger partial charge in [0.1, 0.15) is 24.2 Å². The van der Waals surface area contributed by atoms with Crippen LogP contribution >= 0.6 is 11.8 Å². The van der Waals surface area contributed by atoms with E-state index in [-0.39, 0.29) is 31.2 Å². The molecule has 5 amide bonds. The minimum Gasteiger partial charge on any atom is -0.480 e. The zero-order valence-corrected chi connectivity index (χ0v) is 23.9. The second kappa shape index (κ2) is 18.4. The second-order valence-electron chi connectivity index (χ2n) is 9.51. The van der Waals surface area contributed by atoms with E-state index in [1.54, 1.807) is 6.92 Å². The first-order valence-corrected chi connectivity index (χ1v) is 14.1. The van der Waals surface area contributed by atoms with Crippen molar-refractivity contribution in [3.8, 4) is 0 Å². The quantitative estimate of drug-likeness (QED) is 0.109. The summed E-state index contributed by atoms with van der Waals surface area (Å²) < 4.78 is 0. The fourth-order valence-corrected chi connectivity index (χ4v) is 3.81. The number of rotatable bonds is 18. The van der Waals surface area contributed by atoms with Crippen LogP contribution < -0.4 is 32.3 Å². The van der Waals surface area contributed by atoms with E-state index in [0.29, 0.717) is 12.2 Å². The van der Waals surface area contributed by atoms with Gasteiger partial charge in [0.05, 0.1) is 13.1 Å². The van der Waals surface area contributed by atoms with Crippen LogP contribution in [0.25, 0.3) is 0 Å². The molecule has 0 rings (SSSR count). The average Bonchev–Trinajstić information content (AvgIpc) is 2.86. The maximum atomic E-state index is 12.8. The molecule has 13 nitrogen and oxygen atoms in total. The van der Waals surface area contributed by atoms with Crippen LogP contribution in [0.5, 0.6) is 0 Å². The van der Waals surface area contributed by atoms with Crippen LogP contribution in [0.4, 0.5) is 0 Å². The number of nitrogens with two attached hydrogens (primary N) is 1. The highest BCUT2D eigenvalue weighted by molar-refractivity contribution is 7.98. The minimum absolute atomic E-state index is 0.0156. The molecule has 0 heterocycles. The van der Waals surface area contributed by atoms with Gasteiger partial charge >= 0.3 is 5.97 Å². The van der Waals surface area contributed by atoms with Crippen LogP contribution in [0.3, 0.4) is 0 Å². The Morgan fingerprint density at radius 2 is 1.47 bits per heavy atom. The smallest absolute Gasteiger partial charge is 0.326 e. The van der Waals surface area contributed by atoms with E-state index < -0.39 is 66.2 Å². The third kappa shape index (κ3) is 13.6. The molecule has 0 aliphatic rings. The molecule has 0 spiro atoms. The van der Waals surface area contributed by atoms with Crippen LogP contribution in [0.1, 0.15) is 53.9 Å². The summed E-state index contributed by atoms with van der Waals surface area (Å²) in [6, 6.07) is -3.97. The molecule has 0 radical (unpaired) electrons. The number of hydrogen-bond acceptors (Lipinski definition) is 8. The monoisotopic (exact) mass is 560 g/mol. The number of nitrogens with one attached hydrogen (secondary N) is 5. The van der Waals surface area contributed by atoms with E-state index in [4.69, 9.17) is 5.73 Å². The molecule has 0 aromatic carbocycles. The Balaban J connectivity index is 5.24. The van der Waals surface area contributed by atoms with E-state index in [1.807, 2.05) is 27.0 Å². The summed E-state index contributed by atoms with van der Waals surface area (Å²) in [5.74, 6) is -3.87. The zero-order valence-electron chi connectivity index (χ0n) is 23.1. The average molecular weight is 561 g/mol. The van der Waals surface area contributed by atoms with Gasteiger partial charge in [-0.1, -0.05) is 34.1 Å². The van der Waals surface area contributed by atoms with Gasteiger partial charge < -0.3 is 37.4 Å². The highest BCUT2D eigenvalue weighted by Crippen LogP contribution is 2.09. The molecule has 0 unspecified atom stereocenters. The van der Waals surface area contributed by atoms with Crippen LogP contribution in [0, 0.1) is 11.8 Å². The number of carbonyl (C=O) groups excluding carboxylic acids is 5. The molecule has 0 fully saturated rings. The Bertz CT molecular complexity index is 826. The van der Waals surface area contributed by atoms with Crippen molar-refractivity contribution in [2.24, 2.45) is 17.6 Å². The lowest BCUT2D eigenvalue weighted by molar-refractivity contribution is -0.142. The van der Waals surface area contributed by atoms with Gasteiger partial charge in [0.2, 0.25) is 29.5 Å². The van der Waals surface area contributed by atoms with E-state index in [2.05, 4.69) is 26.6 Å². The van der Waals surface area contributed by atoms with Gasteiger partial charge in [0.15, 0.2) is 0 Å². The van der Waals surface area contributed by atoms with E-state index in [9.17, 15) is 33.9 Å². The first-order valence-electron chi connectivity index (χ1n) is 12.7. The van der Waals surface area contributed by atoms with Crippen molar-refractivity contribution in [1.29, 1.82) is 0 Å². The SMILES string of the molecule is CC[C@H](C)[C@H](NC(=O)[C@H](C)NC(=O)CN)C(=O)NCC(=O)N[C@@H](CC(C)C)C(=O)N[C@@H](CCSC)C(=O)O. The highest BCUT2D eigenvalue weighted by Gasteiger charge is 2.30. The Morgan fingerprint density at radius 1 is 0.842 bits per heavy atom. The van der Waals surface area contributed by atoms with Crippen LogP contribution in [0.15, 0.2) is 0 Å². The number of amides is 5. The first-order chi connectivity index (χ1) is 17.8. The number of hydrogen-bond donors (Lipinski definition) is 7. The summed E-state index contributed by atoms with van der Waals surface area (Å²) in [5.41, 5.74) is 5.25. The van der Waals surface area contributed by atoms with Crippen LogP contribution in [0.2, 0.25) is 0 Å². The minimum atomic E-state index is -1.16. The summed E-state index contributed by atoms with van der Waals surface area (Å²) in [6.07, 6.45) is 2.87. The van der Waals surface area contributed by atoms with Crippen molar-refractivity contribution in [2.45, 2.75) is 78.0 Å². The van der Waals surface area contributed by atoms with Gasteiger partial charge in [-0.25, -0.2) is 4.79 Å². The molecule has 0 bridgehead atoms. The molecular formula is C24H44N6O7S. The number of carbonyl (C=O) groups is 6. The maximum absolute atomic E-state index is 12.8. The van der Waals surface area contributed by atoms with Gasteiger partial charge in [0.25, 0.3) is 0 Å². The lowest BCUT2D eigenvalue weighted by Crippen LogP contribution is -2.57. The maximum Gasteiger partial charge on any atom is 0.326 e. The number of carboxylic acid groups (broad SMARTS) is 1. The molecular weight excluding hydrogens is 516 g/mol. The van der Waals surface area contributed by atoms with E-state index in [1.165, 1.54) is 18.7 Å². The van der Waals surface area contributed by atoms with Gasteiger partial charge in [-0.15, -0.1) is 0 Å². The lowest BCUT2D eigenvalue weighted by atomic mass is 9.98. The summed E-state index contributed by atoms with van der Waals surface area (Å²) in [5, 5.41) is 21.9. The Labute approximate surface area is 228 Å². The standard InChI is InChI=1S/C24H44N6O7S/c1-7-14(4)20(30-21(33)15(5)27-18(31)11-25)23(35)26-12-19(32)28-17(10-13(2)3)22(34)29-16(24(36)37)8-9-38-6/h13-17,20H,7-12,25H2,1-6H3,(H,26,35)(H,27,31)(H,28,32)(H,29,34)(H,30,33)(H,36,37)/t14-,15-,16-,17-,20-/m0/s1. The molecule has 38 heavy (non-hydrogen) atoms. The van der Waals surface area contributed by atoms with Gasteiger partial charge in [-0.05, 0) is 43.6 Å². The number of thioether (sulfide) groups is 1. The molecule has 0 saturated carbocycles. The summed E-state index contributed by atoms with van der Waals surface area (Å²) in [4.78, 5) is 73.7. The summed E-state index contributed by atoms with van der Waals surface area (Å²) >= 11 is 1.45. The summed E-state index contributed by atoms with van der Waals surface area (Å²) in [6.45, 7) is 8.01. The third-order valence-electron chi connectivity index (χ3n) is 5.76. The normalized spacial score (nSPS) is 14.8. The molecule has 0 aliphatic carbocycles. The van der Waals surface area contributed by atoms with Crippen LogP contribution in [-0.4, -0.2) is 89.9 Å². The zero-order chi connectivity index (χ0) is 29.4. The largest absolute Gasteiger partial charge is 0.480 e. The molecule has 14 heteroatoms. The van der Waals surface area contributed by atoms with Crippen LogP contribution in [-0.2, 0) is 28.8 Å². The highest BCUT2D eigenvalue weighted by atomic mass is 32.2. The Morgan fingerprint density at radius 3 is 1.97 bits per heavy atom. The fraction of sp³-hybridized carbons (Fsp3) is 0.750. The Hall–Kier alpha value is -2.87. The second-order valence-corrected chi connectivity index (χ2v) is 10.5. The molecule has 0 aromatic rings. The van der Waals surface area contributed by atoms with Gasteiger partial charge in [-0.2, -0.15) is 11.8 Å². The molecule has 0 aromatic heterocycles. The van der Waals surface area contributed by atoms with E-state index >= 15 is 0 Å². The van der Waals surface area contributed by atoms with Crippen molar-refractivity contribution in [3.63, 3.8) is 0 Å². The van der Waals surface area contributed by atoms with Gasteiger partial charge in [-0.3, -0.25) is 24.0 Å². The molecule has 0 saturated heterocycles.